The van der Waals surface area contributed by atoms with Gasteiger partial charge in [-0.3, -0.25) is 4.57 Å². The number of aliphatic hydroxyl groups excluding tert-OH is 1. The lowest BCUT2D eigenvalue weighted by Crippen LogP contribution is -2.58. The minimum atomic E-state index is -3.37. The highest BCUT2D eigenvalue weighted by Crippen LogP contribution is 2.45. The number of halogens is 2. The molecular formula is C10H13F2N3O5. The Morgan fingerprint density at radius 3 is 2.70 bits per heavy atom. The summed E-state index contributed by atoms with van der Waals surface area (Å²) in [6, 6.07) is 1.22. The van der Waals surface area contributed by atoms with Crippen LogP contribution in [0.15, 0.2) is 17.1 Å². The first-order valence-electron chi connectivity index (χ1n) is 5.60. The summed E-state index contributed by atoms with van der Waals surface area (Å²) in [5.41, 5.74) is 1.50. The van der Waals surface area contributed by atoms with Crippen LogP contribution in [0.5, 0.6) is 0 Å². The molecule has 1 saturated heterocycles. The van der Waals surface area contributed by atoms with Crippen molar-refractivity contribution >= 4 is 5.82 Å². The zero-order valence-electron chi connectivity index (χ0n) is 10.1. The molecular weight excluding hydrogens is 280 g/mol. The van der Waals surface area contributed by atoms with Crippen molar-refractivity contribution in [3.63, 3.8) is 0 Å². The van der Waals surface area contributed by atoms with Gasteiger partial charge in [-0.2, -0.15) is 4.98 Å². The highest BCUT2D eigenvalue weighted by Gasteiger charge is 2.64. The fourth-order valence-electron chi connectivity index (χ4n) is 2.05. The average Bonchev–Trinajstić information content (AvgIpc) is 2.61. The third-order valence-electron chi connectivity index (χ3n) is 3.23. The summed E-state index contributed by atoms with van der Waals surface area (Å²) in [6.45, 7) is -1.33. The van der Waals surface area contributed by atoms with Crippen LogP contribution in [0.3, 0.4) is 0 Å². The Balaban J connectivity index is 2.41. The molecule has 0 amide bonds. The van der Waals surface area contributed by atoms with Gasteiger partial charge in [-0.25, -0.2) is 13.6 Å². The van der Waals surface area contributed by atoms with E-state index in [-0.39, 0.29) is 5.82 Å². The number of hydrogen-bond acceptors (Lipinski definition) is 7. The highest BCUT2D eigenvalue weighted by molar-refractivity contribution is 5.23. The molecule has 0 aliphatic carbocycles. The molecule has 8 nitrogen and oxygen atoms in total. The maximum Gasteiger partial charge on any atom is 0.351 e. The Morgan fingerprint density at radius 2 is 2.25 bits per heavy atom. The molecule has 0 saturated carbocycles. The third kappa shape index (κ3) is 2.06. The first kappa shape index (κ1) is 14.8. The molecule has 0 unspecified atom stereocenters. The lowest BCUT2D eigenvalue weighted by molar-refractivity contribution is -0.295. The fraction of sp³-hybridized carbons (Fsp3) is 0.600. The van der Waals surface area contributed by atoms with Crippen molar-refractivity contribution in [2.45, 2.75) is 30.5 Å². The minimum absolute atomic E-state index is 0.0780. The van der Waals surface area contributed by atoms with Crippen LogP contribution in [0.2, 0.25) is 0 Å². The molecule has 0 aromatic carbocycles. The van der Waals surface area contributed by atoms with E-state index in [2.05, 4.69) is 4.98 Å². The van der Waals surface area contributed by atoms with Gasteiger partial charge in [-0.05, 0) is 6.07 Å². The molecule has 5 N–H and O–H groups in total. The number of hydrogen-bond donors (Lipinski definition) is 4. The number of nitrogens with zero attached hydrogens (tertiary/aromatic N) is 2. The van der Waals surface area contributed by atoms with Crippen LogP contribution in [0.25, 0.3) is 0 Å². The Bertz CT molecular complexity index is 564. The fourth-order valence-corrected chi connectivity index (χ4v) is 2.05. The smallest absolute Gasteiger partial charge is 0.351 e. The Hall–Kier alpha value is -1.62. The van der Waals surface area contributed by atoms with Gasteiger partial charge in [0.25, 0.3) is 6.43 Å². The van der Waals surface area contributed by atoms with Crippen molar-refractivity contribution in [1.82, 2.24) is 9.55 Å². The van der Waals surface area contributed by atoms with Crippen LogP contribution in [-0.2, 0) is 4.74 Å². The van der Waals surface area contributed by atoms with Gasteiger partial charge >= 0.3 is 5.69 Å². The van der Waals surface area contributed by atoms with Gasteiger partial charge in [0.2, 0.25) is 11.4 Å². The second-order valence-electron chi connectivity index (χ2n) is 4.48. The summed E-state index contributed by atoms with van der Waals surface area (Å²) in [7, 11) is 0. The van der Waals surface area contributed by atoms with E-state index in [4.69, 9.17) is 15.6 Å². The van der Waals surface area contributed by atoms with Gasteiger partial charge in [0.1, 0.15) is 12.0 Å². The van der Waals surface area contributed by atoms with Crippen molar-refractivity contribution in [1.29, 1.82) is 0 Å². The predicted molar refractivity (Wildman–Crippen MR) is 60.6 cm³/mol. The van der Waals surface area contributed by atoms with E-state index in [1.54, 1.807) is 0 Å². The molecule has 112 valence electrons. The lowest BCUT2D eigenvalue weighted by Gasteiger charge is -2.34. The molecule has 2 atom stereocenters. The normalized spacial score (nSPS) is 29.0. The number of alkyl halides is 2. The van der Waals surface area contributed by atoms with Crippen LogP contribution in [0, 0.1) is 0 Å². The van der Waals surface area contributed by atoms with Crippen LogP contribution < -0.4 is 11.4 Å². The number of aromatic nitrogens is 2. The van der Waals surface area contributed by atoms with Gasteiger partial charge in [-0.1, -0.05) is 0 Å². The largest absolute Gasteiger partial charge is 0.393 e. The first-order valence-corrected chi connectivity index (χ1v) is 5.60. The van der Waals surface area contributed by atoms with Crippen molar-refractivity contribution in [3.05, 3.63) is 22.7 Å². The molecule has 0 bridgehead atoms. The van der Waals surface area contributed by atoms with Crippen molar-refractivity contribution in [2.75, 3.05) is 12.3 Å². The molecule has 2 heterocycles. The van der Waals surface area contributed by atoms with E-state index in [1.165, 1.54) is 6.07 Å². The van der Waals surface area contributed by atoms with E-state index in [0.29, 0.717) is 0 Å². The predicted octanol–water partition coefficient (Wildman–Crippen LogP) is -1.58. The standard InChI is InChI=1S/C10H13F2N3O5/c11-7(12)9(4-16)10(18,19)3-6(20-9)15-2-1-5(13)14-8(15)17/h1-2,6-7,16,18-19H,3-4H2,(H2,13,14,17)/t6-,9+/m1/s1. The molecule has 1 aromatic heterocycles. The molecule has 1 fully saturated rings. The van der Waals surface area contributed by atoms with E-state index in [9.17, 15) is 23.8 Å². The number of rotatable bonds is 3. The maximum absolute atomic E-state index is 13.0. The van der Waals surface area contributed by atoms with Gasteiger partial charge in [0, 0.05) is 6.20 Å². The van der Waals surface area contributed by atoms with Gasteiger partial charge in [-0.15, -0.1) is 0 Å². The molecule has 0 radical (unpaired) electrons. The van der Waals surface area contributed by atoms with E-state index >= 15 is 0 Å². The van der Waals surface area contributed by atoms with Crippen molar-refractivity contribution in [3.8, 4) is 0 Å². The molecule has 1 aliphatic heterocycles. The summed E-state index contributed by atoms with van der Waals surface area (Å²) >= 11 is 0. The third-order valence-corrected chi connectivity index (χ3v) is 3.23. The van der Waals surface area contributed by atoms with E-state index < -0.39 is 42.8 Å². The molecule has 20 heavy (non-hydrogen) atoms. The Labute approximate surface area is 111 Å². The second kappa shape index (κ2) is 4.74. The minimum Gasteiger partial charge on any atom is -0.393 e. The van der Waals surface area contributed by atoms with E-state index in [1.807, 2.05) is 0 Å². The zero-order valence-corrected chi connectivity index (χ0v) is 10.1. The summed E-state index contributed by atoms with van der Waals surface area (Å²) in [5, 5.41) is 28.4. The summed E-state index contributed by atoms with van der Waals surface area (Å²) in [4.78, 5) is 15.0. The van der Waals surface area contributed by atoms with Crippen molar-refractivity contribution < 1.29 is 28.8 Å². The molecule has 1 aromatic rings. The quantitative estimate of drug-likeness (QED) is 0.495. The number of anilines is 1. The van der Waals surface area contributed by atoms with Crippen LogP contribution in [-0.4, -0.2) is 49.3 Å². The molecule has 1 aliphatic rings. The zero-order chi connectivity index (χ0) is 15.1. The van der Waals surface area contributed by atoms with Crippen LogP contribution >= 0.6 is 0 Å². The summed E-state index contributed by atoms with van der Waals surface area (Å²) in [5.74, 6) is -3.08. The second-order valence-corrected chi connectivity index (χ2v) is 4.48. The SMILES string of the molecule is Nc1ccn([C@H]2CC(O)(O)[C@](CO)(C(F)F)O2)c(=O)n1. The Kier molecular flexibility index (Phi) is 3.50. The van der Waals surface area contributed by atoms with Crippen molar-refractivity contribution in [2.24, 2.45) is 0 Å². The summed E-state index contributed by atoms with van der Waals surface area (Å²) < 4.78 is 31.7. The number of nitrogens with two attached hydrogens (primary N) is 1. The monoisotopic (exact) mass is 293 g/mol. The van der Waals surface area contributed by atoms with Gasteiger partial charge in [0.05, 0.1) is 13.0 Å². The average molecular weight is 293 g/mol. The summed E-state index contributed by atoms with van der Waals surface area (Å²) in [6.07, 6.45) is -4.38. The number of nitrogen functional groups attached to an aromatic ring is 1. The highest BCUT2D eigenvalue weighted by atomic mass is 19.3. The van der Waals surface area contributed by atoms with Crippen LogP contribution in [0.4, 0.5) is 14.6 Å². The topological polar surface area (TPSA) is 131 Å². The molecule has 2 rings (SSSR count). The Morgan fingerprint density at radius 1 is 1.60 bits per heavy atom. The van der Waals surface area contributed by atoms with E-state index in [0.717, 1.165) is 10.8 Å². The van der Waals surface area contributed by atoms with Gasteiger partial charge in [0.15, 0.2) is 0 Å². The lowest BCUT2D eigenvalue weighted by atomic mass is 9.94. The molecule has 0 spiro atoms. The maximum atomic E-state index is 13.0. The first-order chi connectivity index (χ1) is 9.23. The number of ether oxygens (including phenoxy) is 1. The molecule has 10 heteroatoms. The number of aliphatic hydroxyl groups is 3. The van der Waals surface area contributed by atoms with Crippen LogP contribution in [0.1, 0.15) is 12.6 Å². The van der Waals surface area contributed by atoms with Gasteiger partial charge < -0.3 is 25.8 Å².